The van der Waals surface area contributed by atoms with Crippen molar-refractivity contribution in [2.75, 3.05) is 0 Å². The van der Waals surface area contributed by atoms with Crippen LogP contribution >= 0.6 is 0 Å². The van der Waals surface area contributed by atoms with Crippen LogP contribution in [0.4, 0.5) is 0 Å². The molecular weight excluding hydrogens is 326 g/mol. The molecule has 2 N–H and O–H groups in total. The average molecular weight is 347 g/mol. The summed E-state index contributed by atoms with van der Waals surface area (Å²) in [4.78, 5) is 0. The van der Waals surface area contributed by atoms with E-state index >= 15 is 0 Å². The summed E-state index contributed by atoms with van der Waals surface area (Å²) in [6.45, 7) is 0. The molecule has 0 aromatic heterocycles. The molecule has 4 aromatic rings. The molecule has 4 aromatic carbocycles. The normalized spacial score (nSPS) is 13.8. The van der Waals surface area contributed by atoms with Crippen molar-refractivity contribution < 1.29 is 0 Å². The van der Waals surface area contributed by atoms with E-state index in [1.807, 2.05) is 6.07 Å². The van der Waals surface area contributed by atoms with Gasteiger partial charge < -0.3 is 5.73 Å². The first-order valence-electron chi connectivity index (χ1n) is 9.38. The van der Waals surface area contributed by atoms with Crippen LogP contribution in [0.5, 0.6) is 0 Å². The standard InChI is InChI=1S/C26H21N/c27-26(18-19-14-16-21(17-15-19)20-8-2-1-3-9-20)24-12-6-4-10-22(24)23-11-5-7-13-25(23)26/h1-17H,18,27H2. The summed E-state index contributed by atoms with van der Waals surface area (Å²) in [5.74, 6) is 0. The maximum Gasteiger partial charge on any atom is 0.0718 e. The molecule has 0 fully saturated rings. The Morgan fingerprint density at radius 2 is 1.00 bits per heavy atom. The van der Waals surface area contributed by atoms with E-state index < -0.39 is 5.54 Å². The van der Waals surface area contributed by atoms with Crippen LogP contribution < -0.4 is 5.73 Å². The number of hydrogen-bond donors (Lipinski definition) is 1. The van der Waals surface area contributed by atoms with E-state index in [0.717, 1.165) is 6.42 Å². The van der Waals surface area contributed by atoms with Crippen LogP contribution in [0.15, 0.2) is 103 Å². The number of fused-ring (bicyclic) bond motifs is 3. The van der Waals surface area contributed by atoms with Crippen LogP contribution in [-0.4, -0.2) is 0 Å². The molecule has 27 heavy (non-hydrogen) atoms. The Hall–Kier alpha value is -3.16. The molecule has 0 aliphatic heterocycles. The minimum atomic E-state index is -0.485. The van der Waals surface area contributed by atoms with Gasteiger partial charge >= 0.3 is 0 Å². The van der Waals surface area contributed by atoms with E-state index in [1.165, 1.54) is 38.9 Å². The highest BCUT2D eigenvalue weighted by Crippen LogP contribution is 2.47. The third-order valence-corrected chi connectivity index (χ3v) is 5.65. The van der Waals surface area contributed by atoms with Crippen LogP contribution in [0.3, 0.4) is 0 Å². The highest BCUT2D eigenvalue weighted by Gasteiger charge is 2.39. The monoisotopic (exact) mass is 347 g/mol. The van der Waals surface area contributed by atoms with Crippen LogP contribution in [0, 0.1) is 0 Å². The molecule has 0 amide bonds. The summed E-state index contributed by atoms with van der Waals surface area (Å²) in [7, 11) is 0. The van der Waals surface area contributed by atoms with Crippen molar-refractivity contribution >= 4 is 0 Å². The lowest BCUT2D eigenvalue weighted by Crippen LogP contribution is -2.38. The van der Waals surface area contributed by atoms with Gasteiger partial charge in [0.15, 0.2) is 0 Å². The van der Waals surface area contributed by atoms with Gasteiger partial charge in [0.2, 0.25) is 0 Å². The second-order valence-corrected chi connectivity index (χ2v) is 7.30. The van der Waals surface area contributed by atoms with Crippen molar-refractivity contribution in [3.05, 3.63) is 120 Å². The molecule has 0 saturated carbocycles. The molecule has 0 atom stereocenters. The summed E-state index contributed by atoms with van der Waals surface area (Å²) in [5, 5.41) is 0. The lowest BCUT2D eigenvalue weighted by molar-refractivity contribution is 0.550. The maximum atomic E-state index is 7.06. The molecule has 0 radical (unpaired) electrons. The van der Waals surface area contributed by atoms with Gasteiger partial charge in [-0.2, -0.15) is 0 Å². The van der Waals surface area contributed by atoms with Crippen molar-refractivity contribution in [2.24, 2.45) is 5.73 Å². The summed E-state index contributed by atoms with van der Waals surface area (Å²) in [6, 6.07) is 36.4. The Balaban J connectivity index is 1.54. The number of nitrogens with two attached hydrogens (primary N) is 1. The van der Waals surface area contributed by atoms with Gasteiger partial charge in [0.1, 0.15) is 0 Å². The molecular formula is C26H21N. The van der Waals surface area contributed by atoms with Gasteiger partial charge in [-0.1, -0.05) is 103 Å². The lowest BCUT2D eigenvalue weighted by Gasteiger charge is -2.27. The van der Waals surface area contributed by atoms with Crippen molar-refractivity contribution in [3.63, 3.8) is 0 Å². The Labute approximate surface area is 160 Å². The van der Waals surface area contributed by atoms with Crippen molar-refractivity contribution in [2.45, 2.75) is 12.0 Å². The third kappa shape index (κ3) is 2.59. The maximum absolute atomic E-state index is 7.06. The van der Waals surface area contributed by atoms with E-state index in [-0.39, 0.29) is 0 Å². The van der Waals surface area contributed by atoms with E-state index in [1.54, 1.807) is 0 Å². The number of rotatable bonds is 3. The summed E-state index contributed by atoms with van der Waals surface area (Å²) >= 11 is 0. The van der Waals surface area contributed by atoms with Gasteiger partial charge in [0.25, 0.3) is 0 Å². The first-order chi connectivity index (χ1) is 13.3. The topological polar surface area (TPSA) is 26.0 Å². The number of benzene rings is 4. The summed E-state index contributed by atoms with van der Waals surface area (Å²) < 4.78 is 0. The molecule has 5 rings (SSSR count). The van der Waals surface area contributed by atoms with Gasteiger partial charge in [-0.15, -0.1) is 0 Å². The van der Waals surface area contributed by atoms with Crippen molar-refractivity contribution in [1.82, 2.24) is 0 Å². The Morgan fingerprint density at radius 1 is 0.519 bits per heavy atom. The van der Waals surface area contributed by atoms with E-state index in [4.69, 9.17) is 5.73 Å². The highest BCUT2D eigenvalue weighted by atomic mass is 14.8. The smallest absolute Gasteiger partial charge is 0.0718 e. The highest BCUT2D eigenvalue weighted by molar-refractivity contribution is 5.80. The molecule has 0 heterocycles. The molecule has 1 aliphatic rings. The second kappa shape index (κ2) is 6.22. The Kier molecular flexibility index (Phi) is 3.70. The summed E-state index contributed by atoms with van der Waals surface area (Å²) in [5.41, 5.74) is 15.3. The predicted molar refractivity (Wildman–Crippen MR) is 112 cm³/mol. The fourth-order valence-electron chi connectivity index (χ4n) is 4.32. The third-order valence-electron chi connectivity index (χ3n) is 5.65. The molecule has 130 valence electrons. The molecule has 1 nitrogen and oxygen atoms in total. The average Bonchev–Trinajstić information content (AvgIpc) is 2.99. The first kappa shape index (κ1) is 16.0. The zero-order chi connectivity index (χ0) is 18.3. The van der Waals surface area contributed by atoms with Crippen LogP contribution in [0.1, 0.15) is 16.7 Å². The SMILES string of the molecule is NC1(Cc2ccc(-c3ccccc3)cc2)c2ccccc2-c2ccccc21. The number of hydrogen-bond acceptors (Lipinski definition) is 1. The van der Waals surface area contributed by atoms with Gasteiger partial charge in [0.05, 0.1) is 5.54 Å². The molecule has 0 bridgehead atoms. The zero-order valence-corrected chi connectivity index (χ0v) is 15.1. The first-order valence-corrected chi connectivity index (χ1v) is 9.38. The van der Waals surface area contributed by atoms with Gasteiger partial charge in [-0.05, 0) is 45.4 Å². The second-order valence-electron chi connectivity index (χ2n) is 7.30. The minimum Gasteiger partial charge on any atom is -0.317 e. The molecule has 1 heteroatoms. The summed E-state index contributed by atoms with van der Waals surface area (Å²) in [6.07, 6.45) is 0.788. The zero-order valence-electron chi connectivity index (χ0n) is 15.1. The lowest BCUT2D eigenvalue weighted by atomic mass is 9.82. The van der Waals surface area contributed by atoms with Crippen LogP contribution in [0.2, 0.25) is 0 Å². The fourth-order valence-corrected chi connectivity index (χ4v) is 4.32. The Morgan fingerprint density at radius 3 is 1.59 bits per heavy atom. The van der Waals surface area contributed by atoms with E-state index in [0.29, 0.717) is 0 Å². The Bertz CT molecular complexity index is 1050. The van der Waals surface area contributed by atoms with Gasteiger partial charge in [-0.25, -0.2) is 0 Å². The van der Waals surface area contributed by atoms with E-state index in [9.17, 15) is 0 Å². The van der Waals surface area contributed by atoms with Gasteiger partial charge in [-0.3, -0.25) is 0 Å². The van der Waals surface area contributed by atoms with E-state index in [2.05, 4.69) is 97.1 Å². The largest absolute Gasteiger partial charge is 0.317 e. The van der Waals surface area contributed by atoms with Crippen molar-refractivity contribution in [1.29, 1.82) is 0 Å². The molecule has 0 saturated heterocycles. The minimum absolute atomic E-state index is 0.485. The predicted octanol–water partition coefficient (Wildman–Crippen LogP) is 5.78. The molecule has 0 spiro atoms. The molecule has 0 unspecified atom stereocenters. The quantitative estimate of drug-likeness (QED) is 0.499. The molecule has 1 aliphatic carbocycles. The van der Waals surface area contributed by atoms with Crippen molar-refractivity contribution in [3.8, 4) is 22.3 Å². The fraction of sp³-hybridized carbons (Fsp3) is 0.0769. The van der Waals surface area contributed by atoms with Crippen LogP contribution in [0.25, 0.3) is 22.3 Å². The van der Waals surface area contributed by atoms with Crippen LogP contribution in [-0.2, 0) is 12.0 Å². The van der Waals surface area contributed by atoms with Gasteiger partial charge in [0, 0.05) is 0 Å².